The highest BCUT2D eigenvalue weighted by Gasteiger charge is 2.17. The van der Waals surface area contributed by atoms with Gasteiger partial charge >= 0.3 is 0 Å². The number of hydrogen-bond donors (Lipinski definition) is 1. The van der Waals surface area contributed by atoms with Gasteiger partial charge in [0.05, 0.1) is 17.4 Å². The summed E-state index contributed by atoms with van der Waals surface area (Å²) in [5.74, 6) is 1.30. The van der Waals surface area contributed by atoms with Crippen molar-refractivity contribution in [3.63, 3.8) is 0 Å². The third-order valence-corrected chi connectivity index (χ3v) is 4.66. The van der Waals surface area contributed by atoms with Crippen LogP contribution in [0.3, 0.4) is 0 Å². The first-order valence-electron chi connectivity index (χ1n) is 7.82. The van der Waals surface area contributed by atoms with Crippen molar-refractivity contribution in [2.75, 3.05) is 5.73 Å². The van der Waals surface area contributed by atoms with E-state index in [0.717, 1.165) is 34.4 Å². The molecule has 2 heterocycles. The predicted octanol–water partition coefficient (Wildman–Crippen LogP) is 2.92. The zero-order valence-corrected chi connectivity index (χ0v) is 12.6. The van der Waals surface area contributed by atoms with Crippen LogP contribution in [0.25, 0.3) is 21.9 Å². The lowest BCUT2D eigenvalue weighted by Gasteiger charge is -2.22. The van der Waals surface area contributed by atoms with Gasteiger partial charge in [-0.3, -0.25) is 0 Å². The summed E-state index contributed by atoms with van der Waals surface area (Å²) >= 11 is 0. The standard InChI is InChI=1S/C17H20N4.H2O/c18-17-15-16(13-8-4-5-9-14(13)20-17)21(11-19-15)10-12-6-2-1-3-7-12;/h4-5,8-9,11-12H,1-3,6-7,10H2,(H2,18,20);1H2. The quantitative estimate of drug-likeness (QED) is 0.789. The molecule has 0 atom stereocenters. The van der Waals surface area contributed by atoms with Gasteiger partial charge in [0.15, 0.2) is 5.82 Å². The molecule has 116 valence electrons. The first kappa shape index (κ1) is 14.8. The van der Waals surface area contributed by atoms with Crippen LogP contribution in [-0.2, 0) is 6.54 Å². The minimum atomic E-state index is 0. The Morgan fingerprint density at radius 1 is 1.14 bits per heavy atom. The molecule has 4 N–H and O–H groups in total. The molecular weight excluding hydrogens is 276 g/mol. The van der Waals surface area contributed by atoms with Crippen LogP contribution in [-0.4, -0.2) is 20.0 Å². The molecule has 22 heavy (non-hydrogen) atoms. The highest BCUT2D eigenvalue weighted by atomic mass is 16.0. The summed E-state index contributed by atoms with van der Waals surface area (Å²) in [5.41, 5.74) is 9.01. The van der Waals surface area contributed by atoms with E-state index in [0.29, 0.717) is 5.82 Å². The van der Waals surface area contributed by atoms with Crippen molar-refractivity contribution in [2.24, 2.45) is 5.92 Å². The molecule has 1 aromatic carbocycles. The number of hydrogen-bond acceptors (Lipinski definition) is 3. The number of nitrogen functional groups attached to an aromatic ring is 1. The normalized spacial score (nSPS) is 16.0. The van der Waals surface area contributed by atoms with E-state index in [-0.39, 0.29) is 5.48 Å². The molecule has 3 aromatic rings. The molecule has 1 fully saturated rings. The van der Waals surface area contributed by atoms with Crippen LogP contribution in [0, 0.1) is 5.92 Å². The summed E-state index contributed by atoms with van der Waals surface area (Å²) in [4.78, 5) is 8.98. The topological polar surface area (TPSA) is 88.2 Å². The number of pyridine rings is 1. The first-order valence-corrected chi connectivity index (χ1v) is 7.82. The van der Waals surface area contributed by atoms with Crippen molar-refractivity contribution < 1.29 is 5.48 Å². The Balaban J connectivity index is 0.00000144. The molecule has 0 amide bonds. The summed E-state index contributed by atoms with van der Waals surface area (Å²) in [6.07, 6.45) is 8.71. The lowest BCUT2D eigenvalue weighted by molar-refractivity contribution is 0.322. The Bertz CT molecular complexity index is 790. The molecule has 1 saturated carbocycles. The van der Waals surface area contributed by atoms with Crippen molar-refractivity contribution in [2.45, 2.75) is 38.6 Å². The lowest BCUT2D eigenvalue weighted by atomic mass is 9.89. The van der Waals surface area contributed by atoms with Gasteiger partial charge in [-0.15, -0.1) is 0 Å². The van der Waals surface area contributed by atoms with Gasteiger partial charge in [0.2, 0.25) is 0 Å². The van der Waals surface area contributed by atoms with E-state index in [1.54, 1.807) is 0 Å². The molecule has 0 spiro atoms. The number of benzene rings is 1. The molecule has 5 heteroatoms. The van der Waals surface area contributed by atoms with E-state index < -0.39 is 0 Å². The van der Waals surface area contributed by atoms with E-state index in [4.69, 9.17) is 5.73 Å². The molecule has 2 aromatic heterocycles. The van der Waals surface area contributed by atoms with Gasteiger partial charge in [-0.05, 0) is 24.8 Å². The van der Waals surface area contributed by atoms with Crippen LogP contribution in [0.5, 0.6) is 0 Å². The number of anilines is 1. The number of fused-ring (bicyclic) bond motifs is 3. The average molecular weight is 298 g/mol. The summed E-state index contributed by atoms with van der Waals surface area (Å²) in [5, 5.41) is 1.15. The van der Waals surface area contributed by atoms with E-state index in [1.165, 1.54) is 32.1 Å². The highest BCUT2D eigenvalue weighted by molar-refractivity contribution is 6.06. The molecule has 5 nitrogen and oxygen atoms in total. The third-order valence-electron chi connectivity index (χ3n) is 4.66. The van der Waals surface area contributed by atoms with E-state index in [1.807, 2.05) is 18.5 Å². The van der Waals surface area contributed by atoms with Crippen molar-refractivity contribution in [1.29, 1.82) is 0 Å². The van der Waals surface area contributed by atoms with Gasteiger partial charge in [0.25, 0.3) is 0 Å². The molecule has 0 unspecified atom stereocenters. The van der Waals surface area contributed by atoms with E-state index in [9.17, 15) is 0 Å². The molecule has 1 aliphatic carbocycles. The molecule has 1 aliphatic rings. The summed E-state index contributed by atoms with van der Waals surface area (Å²) in [6, 6.07) is 8.19. The maximum absolute atomic E-state index is 6.08. The smallest absolute Gasteiger partial charge is 0.152 e. The molecule has 0 bridgehead atoms. The number of nitrogens with zero attached hydrogens (tertiary/aromatic N) is 3. The van der Waals surface area contributed by atoms with Crippen molar-refractivity contribution in [3.05, 3.63) is 30.6 Å². The van der Waals surface area contributed by atoms with Gasteiger partial charge in [0.1, 0.15) is 5.52 Å². The number of aromatic nitrogens is 3. The summed E-state index contributed by atoms with van der Waals surface area (Å²) in [7, 11) is 0. The molecular formula is C17H22N4O. The number of nitrogens with two attached hydrogens (primary N) is 1. The fraction of sp³-hybridized carbons (Fsp3) is 0.412. The zero-order valence-electron chi connectivity index (χ0n) is 12.6. The number of rotatable bonds is 2. The minimum absolute atomic E-state index is 0. The van der Waals surface area contributed by atoms with Gasteiger partial charge < -0.3 is 15.8 Å². The van der Waals surface area contributed by atoms with Crippen LogP contribution in [0.2, 0.25) is 0 Å². The SMILES string of the molecule is Nc1nc2ccccc2c2c1ncn2CC1CCCCC1.O. The summed E-state index contributed by atoms with van der Waals surface area (Å²) < 4.78 is 2.28. The second-order valence-corrected chi connectivity index (χ2v) is 6.11. The average Bonchev–Trinajstić information content (AvgIpc) is 2.93. The predicted molar refractivity (Wildman–Crippen MR) is 89.6 cm³/mol. The lowest BCUT2D eigenvalue weighted by Crippen LogP contribution is -2.13. The largest absolute Gasteiger partial charge is 0.412 e. The van der Waals surface area contributed by atoms with Crippen LogP contribution in [0.15, 0.2) is 30.6 Å². The van der Waals surface area contributed by atoms with Crippen LogP contribution in [0.4, 0.5) is 5.82 Å². The van der Waals surface area contributed by atoms with Gasteiger partial charge in [-0.25, -0.2) is 9.97 Å². The zero-order chi connectivity index (χ0) is 14.2. The second kappa shape index (κ2) is 5.93. The Labute approximate surface area is 129 Å². The van der Waals surface area contributed by atoms with Gasteiger partial charge in [0, 0.05) is 11.9 Å². The Morgan fingerprint density at radius 3 is 2.73 bits per heavy atom. The van der Waals surface area contributed by atoms with Crippen molar-refractivity contribution in [1.82, 2.24) is 14.5 Å². The van der Waals surface area contributed by atoms with Gasteiger partial charge in [-0.2, -0.15) is 0 Å². The monoisotopic (exact) mass is 298 g/mol. The molecule has 0 aliphatic heterocycles. The maximum Gasteiger partial charge on any atom is 0.152 e. The van der Waals surface area contributed by atoms with Crippen LogP contribution >= 0.6 is 0 Å². The number of para-hydroxylation sites is 1. The van der Waals surface area contributed by atoms with Crippen molar-refractivity contribution >= 4 is 27.8 Å². The first-order chi connectivity index (χ1) is 10.3. The highest BCUT2D eigenvalue weighted by Crippen LogP contribution is 2.30. The summed E-state index contributed by atoms with van der Waals surface area (Å²) in [6.45, 7) is 1.05. The van der Waals surface area contributed by atoms with Crippen LogP contribution < -0.4 is 5.73 Å². The fourth-order valence-electron chi connectivity index (χ4n) is 3.59. The Hall–Kier alpha value is -2.14. The van der Waals surface area contributed by atoms with E-state index in [2.05, 4.69) is 26.7 Å². The van der Waals surface area contributed by atoms with E-state index >= 15 is 0 Å². The molecule has 4 rings (SSSR count). The Morgan fingerprint density at radius 2 is 1.91 bits per heavy atom. The number of imidazole rings is 1. The third kappa shape index (κ3) is 2.41. The van der Waals surface area contributed by atoms with Gasteiger partial charge in [-0.1, -0.05) is 37.5 Å². The Kier molecular flexibility index (Phi) is 3.98. The molecule has 0 saturated heterocycles. The van der Waals surface area contributed by atoms with Crippen LogP contribution in [0.1, 0.15) is 32.1 Å². The maximum atomic E-state index is 6.08. The fourth-order valence-corrected chi connectivity index (χ4v) is 3.59. The minimum Gasteiger partial charge on any atom is -0.412 e. The molecule has 0 radical (unpaired) electrons. The second-order valence-electron chi connectivity index (χ2n) is 6.11. The van der Waals surface area contributed by atoms with Crippen molar-refractivity contribution in [3.8, 4) is 0 Å².